The van der Waals surface area contributed by atoms with Crippen LogP contribution in [0.4, 0.5) is 0 Å². The van der Waals surface area contributed by atoms with Crippen LogP contribution in [0.2, 0.25) is 0 Å². The molecule has 0 radical (unpaired) electrons. The predicted octanol–water partition coefficient (Wildman–Crippen LogP) is 1.88. The molecule has 0 aromatic carbocycles. The van der Waals surface area contributed by atoms with Crippen molar-refractivity contribution in [3.8, 4) is 0 Å². The Morgan fingerprint density at radius 3 is 2.50 bits per heavy atom. The molecule has 0 fully saturated rings. The van der Waals surface area contributed by atoms with Crippen LogP contribution >= 0.6 is 11.1 Å². The molecule has 0 bridgehead atoms. The van der Waals surface area contributed by atoms with Crippen LogP contribution < -0.4 is 0 Å². The van der Waals surface area contributed by atoms with Crippen molar-refractivity contribution in [3.05, 3.63) is 47.7 Å². The molecule has 1 aliphatic carbocycles. The first-order valence-electron chi connectivity index (χ1n) is 3.20. The molecule has 10 heavy (non-hydrogen) atoms. The number of rotatable bonds is 1. The van der Waals surface area contributed by atoms with E-state index in [1.165, 1.54) is 5.20 Å². The van der Waals surface area contributed by atoms with Crippen molar-refractivity contribution in [1.29, 1.82) is 0 Å². The molecule has 2 heteroatoms. The molecule has 0 aromatic heterocycles. The molecule has 1 rings (SSSR count). The zero-order valence-electron chi connectivity index (χ0n) is 5.63. The van der Waals surface area contributed by atoms with Crippen LogP contribution in [0.5, 0.6) is 0 Å². The lowest BCUT2D eigenvalue weighted by molar-refractivity contribution is 1.77. The van der Waals surface area contributed by atoms with Gasteiger partial charge in [0.15, 0.2) is 8.83 Å². The highest BCUT2D eigenvalue weighted by Gasteiger charge is 1.86. The third-order valence-corrected chi connectivity index (χ3v) is 2.93. The van der Waals surface area contributed by atoms with Crippen molar-refractivity contribution < 1.29 is 0 Å². The van der Waals surface area contributed by atoms with Crippen molar-refractivity contribution in [3.63, 3.8) is 0 Å². The first-order chi connectivity index (χ1) is 4.93. The molecule has 0 spiro atoms. The summed E-state index contributed by atoms with van der Waals surface area (Å²) >= 11 is 5.77. The van der Waals surface area contributed by atoms with Crippen LogP contribution in [0.3, 0.4) is 0 Å². The van der Waals surface area contributed by atoms with Crippen LogP contribution in [0.15, 0.2) is 47.7 Å². The average molecular weight is 169 g/mol. The van der Waals surface area contributed by atoms with Gasteiger partial charge < -0.3 is 0 Å². The van der Waals surface area contributed by atoms with E-state index in [1.807, 2.05) is 30.4 Å². The zero-order valence-corrected chi connectivity index (χ0v) is 7.80. The lowest BCUT2D eigenvalue weighted by Crippen LogP contribution is -1.82. The number of allylic oxidation sites excluding steroid dienone is 8. The number of hydrogen-bond donors (Lipinski definition) is 0. The second-order valence-corrected chi connectivity index (χ2v) is 3.89. The minimum atomic E-state index is -0.508. The SMILES string of the molecule is Cl[SiH2]C1=C/C=C\C=C/C=C1. The van der Waals surface area contributed by atoms with E-state index in [9.17, 15) is 0 Å². The topological polar surface area (TPSA) is 0 Å². The Balaban J connectivity index is 2.73. The molecule has 0 nitrogen and oxygen atoms in total. The van der Waals surface area contributed by atoms with E-state index in [4.69, 9.17) is 11.1 Å². The lowest BCUT2D eigenvalue weighted by atomic mass is 10.3. The summed E-state index contributed by atoms with van der Waals surface area (Å²) in [4.78, 5) is 0. The highest BCUT2D eigenvalue weighted by atomic mass is 35.6. The Hall–Kier alpha value is -0.533. The fourth-order valence-electron chi connectivity index (χ4n) is 0.695. The fraction of sp³-hybridized carbons (Fsp3) is 0. The molecular weight excluding hydrogens is 160 g/mol. The monoisotopic (exact) mass is 168 g/mol. The fourth-order valence-corrected chi connectivity index (χ4v) is 1.68. The quantitative estimate of drug-likeness (QED) is 0.414. The van der Waals surface area contributed by atoms with Gasteiger partial charge in [-0.25, -0.2) is 0 Å². The van der Waals surface area contributed by atoms with Crippen molar-refractivity contribution >= 4 is 19.9 Å². The predicted molar refractivity (Wildman–Crippen MR) is 49.9 cm³/mol. The van der Waals surface area contributed by atoms with Gasteiger partial charge in [0.05, 0.1) is 0 Å². The maximum Gasteiger partial charge on any atom is 0.155 e. The number of hydrogen-bond acceptors (Lipinski definition) is 0. The van der Waals surface area contributed by atoms with E-state index in [0.29, 0.717) is 0 Å². The maximum atomic E-state index is 5.77. The van der Waals surface area contributed by atoms with Gasteiger partial charge in [0, 0.05) is 0 Å². The van der Waals surface area contributed by atoms with Crippen molar-refractivity contribution in [2.45, 2.75) is 0 Å². The minimum absolute atomic E-state index is 0.508. The highest BCUT2D eigenvalue weighted by Crippen LogP contribution is 2.00. The summed E-state index contributed by atoms with van der Waals surface area (Å²) in [7, 11) is -0.508. The summed E-state index contributed by atoms with van der Waals surface area (Å²) in [6.07, 6.45) is 14.2. The van der Waals surface area contributed by atoms with Crippen LogP contribution in [0, 0.1) is 0 Å². The van der Waals surface area contributed by atoms with Crippen LogP contribution in [-0.2, 0) is 0 Å². The first kappa shape index (κ1) is 7.57. The van der Waals surface area contributed by atoms with Gasteiger partial charge in [-0.1, -0.05) is 42.5 Å². The summed E-state index contributed by atoms with van der Waals surface area (Å²) in [5, 5.41) is 1.28. The number of halogens is 1. The lowest BCUT2D eigenvalue weighted by Gasteiger charge is -1.91. The highest BCUT2D eigenvalue weighted by molar-refractivity contribution is 6.98. The van der Waals surface area contributed by atoms with E-state index in [-0.39, 0.29) is 0 Å². The Labute approximate surface area is 68.1 Å². The summed E-state index contributed by atoms with van der Waals surface area (Å²) in [6, 6.07) is 0. The van der Waals surface area contributed by atoms with Gasteiger partial charge >= 0.3 is 0 Å². The van der Waals surface area contributed by atoms with Gasteiger partial charge in [-0.05, 0) is 5.20 Å². The van der Waals surface area contributed by atoms with Gasteiger partial charge in [-0.3, -0.25) is 0 Å². The molecule has 0 saturated carbocycles. The Bertz CT molecular complexity index is 211. The molecule has 0 aromatic rings. The van der Waals surface area contributed by atoms with E-state index in [1.54, 1.807) is 0 Å². The zero-order chi connectivity index (χ0) is 7.23. The van der Waals surface area contributed by atoms with Gasteiger partial charge in [0.2, 0.25) is 0 Å². The van der Waals surface area contributed by atoms with Crippen molar-refractivity contribution in [1.82, 2.24) is 0 Å². The molecule has 0 saturated heterocycles. The van der Waals surface area contributed by atoms with Crippen molar-refractivity contribution in [2.75, 3.05) is 0 Å². The van der Waals surface area contributed by atoms with Crippen LogP contribution in [-0.4, -0.2) is 8.83 Å². The molecule has 0 amide bonds. The molecular formula is C8H9ClSi. The smallest absolute Gasteiger partial charge is 0.155 e. The van der Waals surface area contributed by atoms with Gasteiger partial charge in [-0.2, -0.15) is 11.1 Å². The van der Waals surface area contributed by atoms with E-state index < -0.39 is 8.83 Å². The molecule has 52 valence electrons. The second kappa shape index (κ2) is 4.31. The normalized spacial score (nSPS) is 23.9. The van der Waals surface area contributed by atoms with Crippen LogP contribution in [0.25, 0.3) is 0 Å². The molecule has 0 atom stereocenters. The Morgan fingerprint density at radius 2 is 1.70 bits per heavy atom. The summed E-state index contributed by atoms with van der Waals surface area (Å²) in [5.41, 5.74) is 0. The van der Waals surface area contributed by atoms with E-state index >= 15 is 0 Å². The largest absolute Gasteiger partial charge is 0.170 e. The standard InChI is InChI=1S/C8H9ClSi/c9-10-8-6-4-2-1-3-5-7-8/h1-7H,10H2/b2-1-,3-1?,4-2?,5-3-,6-4?,7-5?,8-6?,8-7?. The molecule has 0 N–H and O–H groups in total. The van der Waals surface area contributed by atoms with Crippen molar-refractivity contribution in [2.24, 2.45) is 0 Å². The third-order valence-electron chi connectivity index (χ3n) is 1.22. The van der Waals surface area contributed by atoms with Gasteiger partial charge in [0.1, 0.15) is 0 Å². The molecule has 0 heterocycles. The molecule has 0 unspecified atom stereocenters. The molecule has 1 aliphatic rings. The third kappa shape index (κ3) is 2.37. The van der Waals surface area contributed by atoms with Gasteiger partial charge in [0.25, 0.3) is 0 Å². The van der Waals surface area contributed by atoms with Crippen LogP contribution in [0.1, 0.15) is 0 Å². The average Bonchev–Trinajstić information content (AvgIpc) is 1.87. The Kier molecular flexibility index (Phi) is 3.26. The first-order valence-corrected chi connectivity index (χ1v) is 6.04. The van der Waals surface area contributed by atoms with E-state index in [2.05, 4.69) is 12.2 Å². The van der Waals surface area contributed by atoms with E-state index in [0.717, 1.165) is 0 Å². The second-order valence-electron chi connectivity index (χ2n) is 2.00. The Morgan fingerprint density at radius 1 is 1.00 bits per heavy atom. The molecule has 0 aliphatic heterocycles. The summed E-state index contributed by atoms with van der Waals surface area (Å²) in [6.45, 7) is 0. The summed E-state index contributed by atoms with van der Waals surface area (Å²) in [5.74, 6) is 0. The maximum absolute atomic E-state index is 5.77. The van der Waals surface area contributed by atoms with Gasteiger partial charge in [-0.15, -0.1) is 0 Å². The summed E-state index contributed by atoms with van der Waals surface area (Å²) < 4.78 is 0. The minimum Gasteiger partial charge on any atom is -0.170 e.